The molecule has 4 aromatic rings. The van der Waals surface area contributed by atoms with Crippen LogP contribution in [0.4, 0.5) is 4.79 Å². The summed E-state index contributed by atoms with van der Waals surface area (Å²) in [6.07, 6.45) is 1.07. The van der Waals surface area contributed by atoms with Crippen molar-refractivity contribution in [3.05, 3.63) is 60.6 Å². The maximum Gasteiger partial charge on any atom is 0.419 e. The summed E-state index contributed by atoms with van der Waals surface area (Å²) in [5.74, 6) is 0. The van der Waals surface area contributed by atoms with Crippen molar-refractivity contribution in [1.29, 1.82) is 0 Å². The predicted molar refractivity (Wildman–Crippen MR) is 133 cm³/mol. The average Bonchev–Trinajstić information content (AvgIpc) is 3.42. The van der Waals surface area contributed by atoms with Gasteiger partial charge in [0, 0.05) is 23.5 Å². The molecular formula is C23H23BrClN5O4. The minimum atomic E-state index is -0.737. The second kappa shape index (κ2) is 7.84. The highest BCUT2D eigenvalue weighted by molar-refractivity contribution is 9.10. The normalized spacial score (nSPS) is 14.3. The van der Waals surface area contributed by atoms with Crippen LogP contribution in [0.25, 0.3) is 22.1 Å². The van der Waals surface area contributed by atoms with E-state index in [1.807, 2.05) is 0 Å². The predicted octanol–water partition coefficient (Wildman–Crippen LogP) is 4.43. The molecule has 34 heavy (non-hydrogen) atoms. The van der Waals surface area contributed by atoms with Crippen molar-refractivity contribution in [1.82, 2.24) is 23.3 Å². The van der Waals surface area contributed by atoms with Crippen molar-refractivity contribution in [3.8, 4) is 0 Å². The van der Waals surface area contributed by atoms with E-state index in [4.69, 9.17) is 16.3 Å². The number of imidazole rings is 1. The molecule has 1 saturated carbocycles. The fraction of sp³-hybridized carbons (Fsp3) is 0.391. The minimum absolute atomic E-state index is 0.00481. The highest BCUT2D eigenvalue weighted by atomic mass is 79.9. The molecule has 0 radical (unpaired) electrons. The van der Waals surface area contributed by atoms with E-state index in [0.717, 1.165) is 17.4 Å². The Morgan fingerprint density at radius 2 is 1.97 bits per heavy atom. The number of hydrogen-bond donors (Lipinski definition) is 0. The lowest BCUT2D eigenvalue weighted by molar-refractivity contribution is 0.0540. The number of halogens is 2. The third kappa shape index (κ3) is 3.69. The van der Waals surface area contributed by atoms with Crippen LogP contribution < -0.4 is 11.2 Å². The van der Waals surface area contributed by atoms with Gasteiger partial charge in [-0.1, -0.05) is 17.7 Å². The SMILES string of the molecule is Cn1c(Br)nc2c1c(=O)n(Cc1cc3c(Cl)cccc3n1C(=O)OC(C)(C)C)c(=O)n2C1CC1. The number of benzene rings is 1. The van der Waals surface area contributed by atoms with Gasteiger partial charge in [0.2, 0.25) is 0 Å². The standard InChI is InChI=1S/C23H23BrClN5O4/c1-23(2,3)34-22(33)29-13(10-14-15(25)6-5-7-16(14)29)11-28-19(31)17-18(26-20(24)27(17)4)30(21(28)32)12-8-9-12/h5-7,10,12H,8-9,11H2,1-4H3. The molecule has 1 fully saturated rings. The van der Waals surface area contributed by atoms with Crippen LogP contribution in [0.5, 0.6) is 0 Å². The van der Waals surface area contributed by atoms with Gasteiger partial charge in [0.1, 0.15) is 5.60 Å². The molecule has 0 N–H and O–H groups in total. The Hall–Kier alpha value is -2.85. The largest absolute Gasteiger partial charge is 0.443 e. The summed E-state index contributed by atoms with van der Waals surface area (Å²) < 4.78 is 11.8. The number of nitrogens with zero attached hydrogens (tertiary/aromatic N) is 5. The van der Waals surface area contributed by atoms with Gasteiger partial charge in [0.05, 0.1) is 17.8 Å². The molecule has 3 heterocycles. The fourth-order valence-corrected chi connectivity index (χ4v) is 4.72. The second-order valence-corrected chi connectivity index (χ2v) is 10.6. The van der Waals surface area contributed by atoms with Crippen molar-refractivity contribution in [2.24, 2.45) is 7.05 Å². The van der Waals surface area contributed by atoms with Crippen molar-refractivity contribution in [2.75, 3.05) is 0 Å². The molecule has 0 amide bonds. The molecule has 1 aromatic carbocycles. The number of aryl methyl sites for hydroxylation is 1. The Kier molecular flexibility index (Phi) is 5.29. The molecule has 3 aromatic heterocycles. The summed E-state index contributed by atoms with van der Waals surface area (Å²) >= 11 is 9.77. The summed E-state index contributed by atoms with van der Waals surface area (Å²) in [5, 5.41) is 1.08. The first-order valence-electron chi connectivity index (χ1n) is 10.9. The molecule has 0 saturated heterocycles. The zero-order chi connectivity index (χ0) is 24.5. The Morgan fingerprint density at radius 3 is 2.62 bits per heavy atom. The quantitative estimate of drug-likeness (QED) is 0.353. The van der Waals surface area contributed by atoms with E-state index in [-0.39, 0.29) is 12.6 Å². The Bertz CT molecular complexity index is 1600. The monoisotopic (exact) mass is 547 g/mol. The van der Waals surface area contributed by atoms with Gasteiger partial charge in [-0.3, -0.25) is 13.9 Å². The topological polar surface area (TPSA) is 93.1 Å². The van der Waals surface area contributed by atoms with Crippen molar-refractivity contribution in [3.63, 3.8) is 0 Å². The van der Waals surface area contributed by atoms with E-state index < -0.39 is 22.9 Å². The van der Waals surface area contributed by atoms with Crippen LogP contribution in [0.15, 0.2) is 38.6 Å². The summed E-state index contributed by atoms with van der Waals surface area (Å²) in [7, 11) is 1.71. The molecule has 0 unspecified atom stereocenters. The maximum atomic E-state index is 13.5. The molecule has 0 atom stereocenters. The Morgan fingerprint density at radius 1 is 1.26 bits per heavy atom. The first kappa shape index (κ1) is 22.9. The molecule has 9 nitrogen and oxygen atoms in total. The summed E-state index contributed by atoms with van der Waals surface area (Å²) in [5.41, 5.74) is -0.0485. The Balaban J connectivity index is 1.75. The Labute approximate surface area is 207 Å². The van der Waals surface area contributed by atoms with Gasteiger partial charge in [0.15, 0.2) is 15.9 Å². The van der Waals surface area contributed by atoms with Crippen molar-refractivity contribution in [2.45, 2.75) is 51.8 Å². The molecule has 0 spiro atoms. The highest BCUT2D eigenvalue weighted by Crippen LogP contribution is 2.35. The zero-order valence-electron chi connectivity index (χ0n) is 19.1. The van der Waals surface area contributed by atoms with Crippen molar-refractivity contribution >= 4 is 55.7 Å². The van der Waals surface area contributed by atoms with Gasteiger partial charge in [-0.25, -0.2) is 19.1 Å². The molecule has 1 aliphatic carbocycles. The smallest absolute Gasteiger partial charge is 0.419 e. The van der Waals surface area contributed by atoms with Gasteiger partial charge in [0.25, 0.3) is 5.56 Å². The number of rotatable bonds is 3. The van der Waals surface area contributed by atoms with E-state index in [2.05, 4.69) is 20.9 Å². The third-order valence-electron chi connectivity index (χ3n) is 5.81. The van der Waals surface area contributed by atoms with Crippen LogP contribution in [-0.2, 0) is 18.3 Å². The van der Waals surface area contributed by atoms with Crippen LogP contribution in [0.1, 0.15) is 45.3 Å². The minimum Gasteiger partial charge on any atom is -0.443 e. The molecule has 1 aliphatic rings. The summed E-state index contributed by atoms with van der Waals surface area (Å²) in [6, 6.07) is 6.92. The summed E-state index contributed by atoms with van der Waals surface area (Å²) in [4.78, 5) is 44.6. The zero-order valence-corrected chi connectivity index (χ0v) is 21.5. The molecular weight excluding hydrogens is 526 g/mol. The average molecular weight is 549 g/mol. The van der Waals surface area contributed by atoms with Gasteiger partial charge in [-0.05, 0) is 67.7 Å². The van der Waals surface area contributed by atoms with E-state index in [1.165, 1.54) is 4.57 Å². The van der Waals surface area contributed by atoms with Gasteiger partial charge >= 0.3 is 11.8 Å². The van der Waals surface area contributed by atoms with Crippen LogP contribution in [-0.4, -0.2) is 34.9 Å². The first-order chi connectivity index (χ1) is 16.0. The van der Waals surface area contributed by atoms with Crippen molar-refractivity contribution < 1.29 is 9.53 Å². The number of hydrogen-bond acceptors (Lipinski definition) is 5. The van der Waals surface area contributed by atoms with Crippen LogP contribution in [0, 0.1) is 0 Å². The lowest BCUT2D eigenvalue weighted by atomic mass is 10.2. The van der Waals surface area contributed by atoms with Crippen LogP contribution in [0.3, 0.4) is 0 Å². The number of fused-ring (bicyclic) bond motifs is 2. The van der Waals surface area contributed by atoms with Gasteiger partial charge in [-0.2, -0.15) is 0 Å². The van der Waals surface area contributed by atoms with E-state index in [9.17, 15) is 14.4 Å². The van der Waals surface area contributed by atoms with Gasteiger partial charge in [-0.15, -0.1) is 0 Å². The van der Waals surface area contributed by atoms with Gasteiger partial charge < -0.3 is 9.30 Å². The third-order valence-corrected chi connectivity index (χ3v) is 6.85. The molecule has 178 valence electrons. The molecule has 5 rings (SSSR count). The lowest BCUT2D eigenvalue weighted by Gasteiger charge is -2.21. The van der Waals surface area contributed by atoms with Crippen LogP contribution >= 0.6 is 27.5 Å². The highest BCUT2D eigenvalue weighted by Gasteiger charge is 2.31. The maximum absolute atomic E-state index is 13.5. The number of carbonyl (C=O) groups excluding carboxylic acids is 1. The van der Waals surface area contributed by atoms with E-state index in [1.54, 1.807) is 61.2 Å². The van der Waals surface area contributed by atoms with E-state index >= 15 is 0 Å². The second-order valence-electron chi connectivity index (χ2n) is 9.51. The lowest BCUT2D eigenvalue weighted by Crippen LogP contribution is -2.41. The first-order valence-corrected chi connectivity index (χ1v) is 12.0. The number of aromatic nitrogens is 5. The van der Waals surface area contributed by atoms with E-state index in [0.29, 0.717) is 37.5 Å². The molecule has 0 bridgehead atoms. The number of carbonyl (C=O) groups is 1. The fourth-order valence-electron chi connectivity index (χ4n) is 4.15. The number of ether oxygens (including phenoxy) is 1. The molecule has 0 aliphatic heterocycles. The summed E-state index contributed by atoms with van der Waals surface area (Å²) in [6.45, 7) is 5.19. The van der Waals surface area contributed by atoms with Crippen LogP contribution in [0.2, 0.25) is 5.02 Å². The molecule has 11 heteroatoms.